The summed E-state index contributed by atoms with van der Waals surface area (Å²) in [5, 5.41) is 8.66. The van der Waals surface area contributed by atoms with Crippen LogP contribution in [0.4, 0.5) is 5.82 Å². The summed E-state index contributed by atoms with van der Waals surface area (Å²) < 4.78 is 2.03. The highest BCUT2D eigenvalue weighted by Crippen LogP contribution is 2.35. The Morgan fingerprint density at radius 1 is 0.964 bits per heavy atom. The van der Waals surface area contributed by atoms with E-state index in [-0.39, 0.29) is 6.04 Å². The van der Waals surface area contributed by atoms with Gasteiger partial charge in [-0.15, -0.1) is 0 Å². The molecule has 1 atom stereocenters. The summed E-state index contributed by atoms with van der Waals surface area (Å²) in [6.45, 7) is 4.28. The number of benzene rings is 2. The van der Waals surface area contributed by atoms with Crippen molar-refractivity contribution in [3.8, 4) is 11.1 Å². The van der Waals surface area contributed by atoms with Crippen LogP contribution in [-0.4, -0.2) is 14.6 Å². The van der Waals surface area contributed by atoms with E-state index in [0.29, 0.717) is 0 Å². The smallest absolute Gasteiger partial charge is 0.165 e. The molecule has 1 aliphatic carbocycles. The van der Waals surface area contributed by atoms with Crippen LogP contribution in [0.5, 0.6) is 0 Å². The van der Waals surface area contributed by atoms with Gasteiger partial charge in [0.15, 0.2) is 5.65 Å². The molecule has 2 aromatic heterocycles. The Hall–Kier alpha value is -3.14. The van der Waals surface area contributed by atoms with Crippen molar-refractivity contribution >= 4 is 11.5 Å². The van der Waals surface area contributed by atoms with Gasteiger partial charge in [-0.05, 0) is 44.2 Å². The van der Waals surface area contributed by atoms with Crippen molar-refractivity contribution in [2.24, 2.45) is 0 Å². The molecule has 140 valence electrons. The molecule has 0 saturated carbocycles. The minimum Gasteiger partial charge on any atom is -0.363 e. The van der Waals surface area contributed by atoms with Gasteiger partial charge in [-0.2, -0.15) is 9.61 Å². The van der Waals surface area contributed by atoms with Gasteiger partial charge in [-0.3, -0.25) is 0 Å². The van der Waals surface area contributed by atoms with Gasteiger partial charge >= 0.3 is 0 Å². The molecule has 0 amide bonds. The molecule has 0 fully saturated rings. The van der Waals surface area contributed by atoms with E-state index in [1.807, 2.05) is 10.6 Å². The topological polar surface area (TPSA) is 42.2 Å². The van der Waals surface area contributed by atoms with Crippen LogP contribution >= 0.6 is 0 Å². The maximum Gasteiger partial charge on any atom is 0.165 e. The van der Waals surface area contributed by atoms with Crippen LogP contribution in [0.25, 0.3) is 16.8 Å². The number of rotatable bonds is 4. The Bertz CT molecular complexity index is 1130. The molecule has 0 unspecified atom stereocenters. The number of hydrogen-bond donors (Lipinski definition) is 1. The van der Waals surface area contributed by atoms with Crippen molar-refractivity contribution in [3.63, 3.8) is 0 Å². The Kier molecular flexibility index (Phi) is 4.12. The van der Waals surface area contributed by atoms with Crippen LogP contribution in [0.15, 0.2) is 60.7 Å². The van der Waals surface area contributed by atoms with E-state index in [0.717, 1.165) is 42.0 Å². The molecule has 4 aromatic rings. The van der Waals surface area contributed by atoms with Gasteiger partial charge in [-0.25, -0.2) is 4.98 Å². The van der Waals surface area contributed by atoms with Crippen molar-refractivity contribution in [1.82, 2.24) is 14.6 Å². The second-order valence-corrected chi connectivity index (χ2v) is 7.58. The van der Waals surface area contributed by atoms with Gasteiger partial charge in [0.1, 0.15) is 5.82 Å². The predicted octanol–water partition coefficient (Wildman–Crippen LogP) is 5.37. The largest absolute Gasteiger partial charge is 0.363 e. The first kappa shape index (κ1) is 17.0. The van der Waals surface area contributed by atoms with Gasteiger partial charge < -0.3 is 5.32 Å². The average molecular weight is 368 g/mol. The quantitative estimate of drug-likeness (QED) is 0.527. The minimum absolute atomic E-state index is 0.196. The standard InChI is InChI=1S/C24H24N4/c1-16(18-10-5-3-6-11-18)25-23-20-14-9-15-21(20)26-24-22(17(2)27-28(23)24)19-12-7-4-8-13-19/h3-8,10-13,16,25H,9,14-15H2,1-2H3/t16-/m1/s1. The Morgan fingerprint density at radius 3 is 2.43 bits per heavy atom. The molecule has 0 bridgehead atoms. The third-order valence-corrected chi connectivity index (χ3v) is 5.68. The zero-order chi connectivity index (χ0) is 19.1. The van der Waals surface area contributed by atoms with Crippen molar-refractivity contribution in [2.75, 3.05) is 5.32 Å². The summed E-state index contributed by atoms with van der Waals surface area (Å²) in [7, 11) is 0. The number of aryl methyl sites for hydroxylation is 2. The second-order valence-electron chi connectivity index (χ2n) is 7.58. The SMILES string of the molecule is Cc1nn2c(N[C@H](C)c3ccccc3)c3c(nc2c1-c1ccccc1)CCC3. The summed E-state index contributed by atoms with van der Waals surface area (Å²) in [4.78, 5) is 5.05. The van der Waals surface area contributed by atoms with Crippen molar-refractivity contribution in [3.05, 3.63) is 83.2 Å². The third kappa shape index (κ3) is 2.76. The number of aromatic nitrogens is 3. The highest BCUT2D eigenvalue weighted by molar-refractivity contribution is 5.81. The Balaban J connectivity index is 1.68. The van der Waals surface area contributed by atoms with Crippen LogP contribution in [0, 0.1) is 6.92 Å². The summed E-state index contributed by atoms with van der Waals surface area (Å²) >= 11 is 0. The summed E-state index contributed by atoms with van der Waals surface area (Å²) in [5.41, 5.74) is 8.06. The first-order valence-electron chi connectivity index (χ1n) is 10.0. The molecule has 28 heavy (non-hydrogen) atoms. The van der Waals surface area contributed by atoms with E-state index in [4.69, 9.17) is 10.1 Å². The Morgan fingerprint density at radius 2 is 1.68 bits per heavy atom. The number of nitrogens with one attached hydrogen (secondary N) is 1. The molecule has 4 nitrogen and oxygen atoms in total. The molecule has 0 spiro atoms. The van der Waals surface area contributed by atoms with E-state index in [2.05, 4.69) is 73.8 Å². The molecule has 0 saturated heterocycles. The average Bonchev–Trinajstić information content (AvgIpc) is 3.33. The van der Waals surface area contributed by atoms with Crippen LogP contribution in [-0.2, 0) is 12.8 Å². The van der Waals surface area contributed by atoms with Gasteiger partial charge in [-0.1, -0.05) is 60.7 Å². The first-order valence-corrected chi connectivity index (χ1v) is 10.0. The first-order chi connectivity index (χ1) is 13.7. The maximum absolute atomic E-state index is 5.05. The van der Waals surface area contributed by atoms with E-state index < -0.39 is 0 Å². The zero-order valence-electron chi connectivity index (χ0n) is 16.3. The lowest BCUT2D eigenvalue weighted by Crippen LogP contribution is -2.14. The summed E-state index contributed by atoms with van der Waals surface area (Å²) in [6.07, 6.45) is 3.25. The number of fused-ring (bicyclic) bond motifs is 2. The second kappa shape index (κ2) is 6.79. The van der Waals surface area contributed by atoms with E-state index in [1.165, 1.54) is 22.4 Å². The number of anilines is 1. The van der Waals surface area contributed by atoms with E-state index >= 15 is 0 Å². The minimum atomic E-state index is 0.196. The molecule has 2 aromatic carbocycles. The van der Waals surface area contributed by atoms with Crippen LogP contribution in [0.2, 0.25) is 0 Å². The van der Waals surface area contributed by atoms with E-state index in [9.17, 15) is 0 Å². The van der Waals surface area contributed by atoms with Crippen molar-refractivity contribution in [2.45, 2.75) is 39.2 Å². The van der Waals surface area contributed by atoms with Crippen LogP contribution in [0.3, 0.4) is 0 Å². The molecule has 4 heteroatoms. The highest BCUT2D eigenvalue weighted by atomic mass is 15.3. The Labute approximate surface area is 165 Å². The molecular weight excluding hydrogens is 344 g/mol. The molecule has 1 aliphatic rings. The molecule has 0 radical (unpaired) electrons. The highest BCUT2D eigenvalue weighted by Gasteiger charge is 2.25. The van der Waals surface area contributed by atoms with Gasteiger partial charge in [0, 0.05) is 22.9 Å². The van der Waals surface area contributed by atoms with Crippen LogP contribution in [0.1, 0.15) is 41.9 Å². The fraction of sp³-hybridized carbons (Fsp3) is 0.250. The lowest BCUT2D eigenvalue weighted by molar-refractivity contribution is 0.824. The summed E-state index contributed by atoms with van der Waals surface area (Å²) in [5.74, 6) is 1.10. The van der Waals surface area contributed by atoms with Gasteiger partial charge in [0.25, 0.3) is 0 Å². The fourth-order valence-electron chi connectivity index (χ4n) is 4.26. The third-order valence-electron chi connectivity index (χ3n) is 5.68. The van der Waals surface area contributed by atoms with Crippen molar-refractivity contribution < 1.29 is 0 Å². The van der Waals surface area contributed by atoms with Crippen molar-refractivity contribution in [1.29, 1.82) is 0 Å². The fourth-order valence-corrected chi connectivity index (χ4v) is 4.26. The predicted molar refractivity (Wildman–Crippen MR) is 114 cm³/mol. The maximum atomic E-state index is 5.05. The van der Waals surface area contributed by atoms with Gasteiger partial charge in [0.05, 0.1) is 5.69 Å². The zero-order valence-corrected chi connectivity index (χ0v) is 16.3. The monoisotopic (exact) mass is 368 g/mol. The molecule has 2 heterocycles. The number of hydrogen-bond acceptors (Lipinski definition) is 3. The molecular formula is C24H24N4. The lowest BCUT2D eigenvalue weighted by Gasteiger charge is -2.19. The van der Waals surface area contributed by atoms with E-state index in [1.54, 1.807) is 0 Å². The molecule has 0 aliphatic heterocycles. The summed E-state index contributed by atoms with van der Waals surface area (Å²) in [6, 6.07) is 21.2. The molecule has 1 N–H and O–H groups in total. The molecule has 5 rings (SSSR count). The normalized spacial score (nSPS) is 14.2. The van der Waals surface area contributed by atoms with Crippen LogP contribution < -0.4 is 5.32 Å². The number of nitrogens with zero attached hydrogens (tertiary/aromatic N) is 3. The lowest BCUT2D eigenvalue weighted by atomic mass is 10.1. The van der Waals surface area contributed by atoms with Gasteiger partial charge in [0.2, 0.25) is 0 Å².